The van der Waals surface area contributed by atoms with Gasteiger partial charge in [-0.1, -0.05) is 18.2 Å². The molecule has 0 radical (unpaired) electrons. The summed E-state index contributed by atoms with van der Waals surface area (Å²) in [5.74, 6) is -1.11. The summed E-state index contributed by atoms with van der Waals surface area (Å²) >= 11 is 0. The van der Waals surface area contributed by atoms with E-state index in [0.717, 1.165) is 42.5 Å². The summed E-state index contributed by atoms with van der Waals surface area (Å²) in [5.41, 5.74) is 0.277. The van der Waals surface area contributed by atoms with Gasteiger partial charge < -0.3 is 15.5 Å². The van der Waals surface area contributed by atoms with Crippen LogP contribution in [0.25, 0.3) is 43.1 Å². The Morgan fingerprint density at radius 2 is 0.909 bits per heavy atom. The number of phenols is 2. The summed E-state index contributed by atoms with van der Waals surface area (Å²) < 4.78 is 136. The molecule has 0 aliphatic rings. The average molecular weight is 972 g/mol. The van der Waals surface area contributed by atoms with E-state index in [0.29, 0.717) is 5.69 Å². The molecule has 66 heavy (non-hydrogen) atoms. The van der Waals surface area contributed by atoms with Gasteiger partial charge in [-0.15, -0.1) is 25.6 Å². The molecule has 0 aromatic heterocycles. The smallest absolute Gasteiger partial charge is 0.296 e. The number of phenolic OH excluding ortho intramolecular Hbond substituents is 2. The molecule has 0 saturated carbocycles. The van der Waals surface area contributed by atoms with Gasteiger partial charge in [-0.2, -0.15) is 38.8 Å². The minimum absolute atomic E-state index is 0.0205. The Labute approximate surface area is 373 Å². The van der Waals surface area contributed by atoms with E-state index in [9.17, 15) is 62.1 Å². The number of anilines is 1. The molecular weight excluding hydrogens is 943 g/mol. The fraction of sp³-hybridized carbons (Fsp3) is 0.0244. The van der Waals surface area contributed by atoms with Crippen molar-refractivity contribution in [3.63, 3.8) is 0 Å². The van der Waals surface area contributed by atoms with Crippen LogP contribution in [0.5, 0.6) is 11.5 Å². The largest absolute Gasteiger partial charge is 0.507 e. The lowest BCUT2D eigenvalue weighted by Crippen LogP contribution is -1.99. The molecule has 0 aliphatic heterocycles. The maximum Gasteiger partial charge on any atom is 0.296 e. The zero-order valence-corrected chi connectivity index (χ0v) is 36.5. The van der Waals surface area contributed by atoms with Gasteiger partial charge in [-0.05, 0) is 102 Å². The number of rotatable bonds is 11. The second kappa shape index (κ2) is 16.6. The Hall–Kier alpha value is -7.36. The number of azo groups is 3. The first-order valence-corrected chi connectivity index (χ1v) is 24.3. The Balaban J connectivity index is 1.21. The molecule has 0 aliphatic carbocycles. The molecule has 8 aromatic carbocycles. The van der Waals surface area contributed by atoms with Crippen molar-refractivity contribution in [3.8, 4) is 11.5 Å². The highest BCUT2D eigenvalue weighted by Crippen LogP contribution is 2.44. The first kappa shape index (κ1) is 45.2. The molecule has 0 bridgehead atoms. The van der Waals surface area contributed by atoms with Gasteiger partial charge in [0.2, 0.25) is 0 Å². The standard InChI is InChI=1S/C41H29N7O14S4/c1-42-23-4-7-28-22(14-23)16-39(66(60,61)62)40(41(28)50)48-47-37-13-11-35(30-9-6-26(19-33(30)37)64(54,55)56)45-46-36-12-10-34(29-8-5-25(18-32(29)36)63(51,52)53)44-43-24-3-2-21-15-27(65(57,58)59)20-38(49)31(21)17-24/h2-20,42,49-50H,1H3,(H,51,52,53)(H,54,55,56)(H,57,58,59)(H,60,61,62). The Kier molecular flexibility index (Phi) is 11.4. The van der Waals surface area contributed by atoms with Crippen molar-refractivity contribution in [2.45, 2.75) is 19.6 Å². The van der Waals surface area contributed by atoms with Gasteiger partial charge in [-0.3, -0.25) is 18.2 Å². The van der Waals surface area contributed by atoms with Crippen molar-refractivity contribution < 1.29 is 62.1 Å². The Morgan fingerprint density at radius 3 is 1.42 bits per heavy atom. The Bertz CT molecular complexity index is 3960. The highest BCUT2D eigenvalue weighted by atomic mass is 32.2. The van der Waals surface area contributed by atoms with Crippen molar-refractivity contribution in [2.24, 2.45) is 30.7 Å². The van der Waals surface area contributed by atoms with Crippen LogP contribution in [0.4, 0.5) is 39.8 Å². The SMILES string of the molecule is CNc1ccc2c(O)c(N=Nc3ccc(N=Nc4ccc(N=Nc5ccc6cc(S(=O)(=O)O)cc(O)c6c5)c5ccc(S(=O)(=O)O)cc45)c4ccc(S(=O)(=O)O)cc34)c(S(=O)(=O)O)cc2c1. The molecular formula is C41H29N7O14S4. The third-order valence-corrected chi connectivity index (χ3v) is 13.5. The van der Waals surface area contributed by atoms with Crippen LogP contribution in [0, 0.1) is 0 Å². The number of aromatic hydroxyl groups is 2. The fourth-order valence-corrected chi connectivity index (χ4v) is 9.10. The minimum Gasteiger partial charge on any atom is -0.507 e. The van der Waals surface area contributed by atoms with Gasteiger partial charge in [0.1, 0.15) is 16.3 Å². The number of benzene rings is 8. The molecule has 25 heteroatoms. The lowest BCUT2D eigenvalue weighted by Gasteiger charge is -2.11. The van der Waals surface area contributed by atoms with Crippen LogP contribution in [-0.4, -0.2) is 69.1 Å². The lowest BCUT2D eigenvalue weighted by molar-refractivity contribution is 0.471. The van der Waals surface area contributed by atoms with Crippen LogP contribution in [0.3, 0.4) is 0 Å². The highest BCUT2D eigenvalue weighted by Gasteiger charge is 2.23. The molecule has 7 N–H and O–H groups in total. The van der Waals surface area contributed by atoms with Gasteiger partial charge in [0.15, 0.2) is 5.75 Å². The summed E-state index contributed by atoms with van der Waals surface area (Å²) in [6.45, 7) is 0. The number of nitrogens with zero attached hydrogens (tertiary/aromatic N) is 6. The number of nitrogens with one attached hydrogen (secondary N) is 1. The van der Waals surface area contributed by atoms with Crippen LogP contribution < -0.4 is 5.32 Å². The first-order valence-electron chi connectivity index (χ1n) is 18.5. The second-order valence-corrected chi connectivity index (χ2v) is 19.9. The zero-order chi connectivity index (χ0) is 47.5. The lowest BCUT2D eigenvalue weighted by atomic mass is 10.1. The van der Waals surface area contributed by atoms with Crippen molar-refractivity contribution >= 4 is 123 Å². The molecule has 8 aromatic rings. The van der Waals surface area contributed by atoms with Crippen molar-refractivity contribution in [1.82, 2.24) is 0 Å². The van der Waals surface area contributed by atoms with E-state index in [1.807, 2.05) is 0 Å². The van der Waals surface area contributed by atoms with E-state index in [2.05, 4.69) is 36.0 Å². The van der Waals surface area contributed by atoms with Gasteiger partial charge in [0.25, 0.3) is 40.5 Å². The van der Waals surface area contributed by atoms with E-state index < -0.39 is 77.2 Å². The molecule has 21 nitrogen and oxygen atoms in total. The van der Waals surface area contributed by atoms with Crippen molar-refractivity contribution in [1.29, 1.82) is 0 Å². The normalized spacial score (nSPS) is 13.0. The quantitative estimate of drug-likeness (QED) is 0.0468. The molecule has 0 fully saturated rings. The Morgan fingerprint density at radius 1 is 0.409 bits per heavy atom. The second-order valence-electron chi connectivity index (χ2n) is 14.2. The van der Waals surface area contributed by atoms with Crippen LogP contribution in [0.1, 0.15) is 0 Å². The third kappa shape index (κ3) is 8.99. The van der Waals surface area contributed by atoms with Crippen LogP contribution in [-0.2, 0) is 40.5 Å². The summed E-state index contributed by atoms with van der Waals surface area (Å²) in [7, 11) is -17.5. The van der Waals surface area contributed by atoms with Crippen LogP contribution in [0.15, 0.2) is 166 Å². The molecule has 8 rings (SSSR count). The summed E-state index contributed by atoms with van der Waals surface area (Å²) in [4.78, 5) is -2.39. The number of fused-ring (bicyclic) bond motifs is 4. The monoisotopic (exact) mass is 971 g/mol. The molecule has 0 spiro atoms. The molecule has 0 atom stereocenters. The van der Waals surface area contributed by atoms with Gasteiger partial charge >= 0.3 is 0 Å². The van der Waals surface area contributed by atoms with Crippen LogP contribution >= 0.6 is 0 Å². The van der Waals surface area contributed by atoms with Gasteiger partial charge in [-0.25, -0.2) is 0 Å². The maximum absolute atomic E-state index is 12.5. The van der Waals surface area contributed by atoms with Crippen LogP contribution in [0.2, 0.25) is 0 Å². The molecule has 0 heterocycles. The average Bonchev–Trinajstić information content (AvgIpc) is 3.25. The fourth-order valence-electron chi connectivity index (χ4n) is 6.90. The molecule has 336 valence electrons. The topological polar surface area (TPSA) is 344 Å². The molecule has 0 unspecified atom stereocenters. The number of hydrogen-bond acceptors (Lipinski definition) is 17. The van der Waals surface area contributed by atoms with Crippen molar-refractivity contribution in [2.75, 3.05) is 12.4 Å². The van der Waals surface area contributed by atoms with Crippen molar-refractivity contribution in [3.05, 3.63) is 115 Å². The predicted octanol–water partition coefficient (Wildman–Crippen LogP) is 9.99. The van der Waals surface area contributed by atoms with Gasteiger partial charge in [0, 0.05) is 51.1 Å². The molecule has 0 amide bonds. The summed E-state index contributed by atoms with van der Waals surface area (Å²) in [6, 6.07) is 24.5. The van der Waals surface area contributed by atoms with E-state index in [1.54, 1.807) is 13.1 Å². The summed E-state index contributed by atoms with van der Waals surface area (Å²) in [6.07, 6.45) is 0. The minimum atomic E-state index is -5.00. The van der Waals surface area contributed by atoms with E-state index >= 15 is 0 Å². The number of hydrogen-bond donors (Lipinski definition) is 7. The van der Waals surface area contributed by atoms with E-state index in [-0.39, 0.29) is 71.5 Å². The highest BCUT2D eigenvalue weighted by molar-refractivity contribution is 7.86. The molecule has 0 saturated heterocycles. The van der Waals surface area contributed by atoms with E-state index in [1.165, 1.54) is 66.7 Å². The predicted molar refractivity (Wildman–Crippen MR) is 240 cm³/mol. The zero-order valence-electron chi connectivity index (χ0n) is 33.2. The maximum atomic E-state index is 12.5. The van der Waals surface area contributed by atoms with E-state index in [4.69, 9.17) is 0 Å². The summed E-state index contributed by atoms with van der Waals surface area (Å²) in [5, 5.41) is 51.1. The first-order chi connectivity index (χ1) is 31.0. The third-order valence-electron chi connectivity index (χ3n) is 10.1. The van der Waals surface area contributed by atoms with Gasteiger partial charge in [0.05, 0.1) is 43.1 Å².